The van der Waals surface area contributed by atoms with Crippen LogP contribution in [0.25, 0.3) is 0 Å². The second kappa shape index (κ2) is 5.04. The van der Waals surface area contributed by atoms with Crippen LogP contribution in [0.1, 0.15) is 16.3 Å². The van der Waals surface area contributed by atoms with Crippen LogP contribution in [-0.4, -0.2) is 16.7 Å². The van der Waals surface area contributed by atoms with Gasteiger partial charge in [0, 0.05) is 24.4 Å². The van der Waals surface area contributed by atoms with E-state index in [1.54, 1.807) is 11.3 Å². The van der Waals surface area contributed by atoms with Crippen molar-refractivity contribution in [2.45, 2.75) is 19.9 Å². The lowest BCUT2D eigenvalue weighted by Crippen LogP contribution is -2.16. The first kappa shape index (κ1) is 10.3. The van der Waals surface area contributed by atoms with Crippen molar-refractivity contribution in [3.63, 3.8) is 0 Å². The van der Waals surface area contributed by atoms with Crippen LogP contribution in [-0.2, 0) is 13.0 Å². The van der Waals surface area contributed by atoms with Gasteiger partial charge in [-0.3, -0.25) is 0 Å². The van der Waals surface area contributed by atoms with Gasteiger partial charge in [-0.1, -0.05) is 5.16 Å². The largest absolute Gasteiger partial charge is 0.340 e. The van der Waals surface area contributed by atoms with E-state index in [1.807, 2.05) is 0 Å². The Hall–Kier alpha value is -1.20. The first-order valence-corrected chi connectivity index (χ1v) is 5.73. The molecule has 2 rings (SSSR count). The maximum absolute atomic E-state index is 4.90. The van der Waals surface area contributed by atoms with E-state index < -0.39 is 0 Å². The fourth-order valence-electron chi connectivity index (χ4n) is 1.29. The Labute approximate surface area is 92.3 Å². The lowest BCUT2D eigenvalue weighted by atomic mass is 10.3. The van der Waals surface area contributed by atoms with E-state index in [0.29, 0.717) is 5.89 Å². The monoisotopic (exact) mass is 223 g/mol. The minimum Gasteiger partial charge on any atom is -0.340 e. The first-order valence-electron chi connectivity index (χ1n) is 4.85. The summed E-state index contributed by atoms with van der Waals surface area (Å²) in [6.45, 7) is 3.91. The van der Waals surface area contributed by atoms with Crippen molar-refractivity contribution in [3.05, 3.63) is 34.1 Å². The van der Waals surface area contributed by atoms with Crippen molar-refractivity contribution in [1.29, 1.82) is 0 Å². The normalized spacial score (nSPS) is 10.7. The molecule has 0 aliphatic rings. The number of hydrogen-bond donors (Lipinski definition) is 1. The van der Waals surface area contributed by atoms with E-state index in [-0.39, 0.29) is 0 Å². The van der Waals surface area contributed by atoms with E-state index >= 15 is 0 Å². The van der Waals surface area contributed by atoms with Crippen LogP contribution in [0.3, 0.4) is 0 Å². The molecule has 2 heterocycles. The summed E-state index contributed by atoms with van der Waals surface area (Å²) < 4.78 is 4.90. The summed E-state index contributed by atoms with van der Waals surface area (Å²) in [6.07, 6.45) is 2.21. The van der Waals surface area contributed by atoms with Gasteiger partial charge in [-0.15, -0.1) is 11.3 Å². The van der Waals surface area contributed by atoms with Gasteiger partial charge in [-0.25, -0.2) is 0 Å². The second-order valence-electron chi connectivity index (χ2n) is 3.29. The highest BCUT2D eigenvalue weighted by Gasteiger charge is 2.00. The molecule has 0 saturated carbocycles. The smallest absolute Gasteiger partial charge is 0.227 e. The van der Waals surface area contributed by atoms with E-state index in [0.717, 1.165) is 19.5 Å². The summed E-state index contributed by atoms with van der Waals surface area (Å²) in [6, 6.07) is 2.14. The molecule has 5 heteroatoms. The maximum Gasteiger partial charge on any atom is 0.227 e. The third-order valence-electron chi connectivity index (χ3n) is 2.18. The maximum atomic E-state index is 4.90. The van der Waals surface area contributed by atoms with Crippen molar-refractivity contribution >= 4 is 11.3 Å². The standard InChI is InChI=1S/C10H13N3OS/c1-8-3-5-15-9(8)6-11-4-2-10-12-7-13-14-10/h3,5,7,11H,2,4,6H2,1H3. The predicted molar refractivity (Wildman–Crippen MR) is 58.8 cm³/mol. The van der Waals surface area contributed by atoms with Crippen molar-refractivity contribution < 1.29 is 4.52 Å². The van der Waals surface area contributed by atoms with Crippen molar-refractivity contribution in [2.24, 2.45) is 0 Å². The highest BCUT2D eigenvalue weighted by atomic mass is 32.1. The molecule has 0 aliphatic carbocycles. The van der Waals surface area contributed by atoms with Crippen LogP contribution >= 0.6 is 11.3 Å². The molecule has 2 aromatic rings. The number of thiophene rings is 1. The summed E-state index contributed by atoms with van der Waals surface area (Å²) in [5, 5.41) is 9.02. The number of nitrogens with zero attached hydrogens (tertiary/aromatic N) is 2. The third-order valence-corrected chi connectivity index (χ3v) is 3.20. The minimum atomic E-state index is 0.686. The highest BCUT2D eigenvalue weighted by Crippen LogP contribution is 2.14. The van der Waals surface area contributed by atoms with Gasteiger partial charge in [-0.05, 0) is 23.9 Å². The first-order chi connectivity index (χ1) is 7.36. The molecule has 0 bridgehead atoms. The number of rotatable bonds is 5. The summed E-state index contributed by atoms with van der Waals surface area (Å²) in [5.74, 6) is 0.686. The average molecular weight is 223 g/mol. The zero-order valence-corrected chi connectivity index (χ0v) is 9.38. The van der Waals surface area contributed by atoms with Gasteiger partial charge in [0.25, 0.3) is 0 Å². The molecule has 4 nitrogen and oxygen atoms in total. The van der Waals surface area contributed by atoms with E-state index in [1.165, 1.54) is 16.8 Å². The molecule has 0 atom stereocenters. The molecule has 0 aromatic carbocycles. The quantitative estimate of drug-likeness (QED) is 0.785. The topological polar surface area (TPSA) is 51.0 Å². The summed E-state index contributed by atoms with van der Waals surface area (Å²) in [5.41, 5.74) is 1.35. The predicted octanol–water partition coefficient (Wildman–Crippen LogP) is 1.77. The van der Waals surface area contributed by atoms with Crippen molar-refractivity contribution in [3.8, 4) is 0 Å². The van der Waals surface area contributed by atoms with Crippen LogP contribution in [0.15, 0.2) is 22.3 Å². The zero-order chi connectivity index (χ0) is 10.5. The molecule has 15 heavy (non-hydrogen) atoms. The Bertz CT molecular complexity index is 396. The van der Waals surface area contributed by atoms with Gasteiger partial charge in [0.2, 0.25) is 5.89 Å². The molecule has 80 valence electrons. The van der Waals surface area contributed by atoms with Crippen LogP contribution in [0.5, 0.6) is 0 Å². The van der Waals surface area contributed by atoms with Crippen LogP contribution in [0, 0.1) is 6.92 Å². The Morgan fingerprint density at radius 1 is 1.53 bits per heavy atom. The summed E-state index contributed by atoms with van der Waals surface area (Å²) in [4.78, 5) is 5.34. The number of nitrogens with one attached hydrogen (secondary N) is 1. The summed E-state index contributed by atoms with van der Waals surface area (Å²) >= 11 is 1.78. The second-order valence-corrected chi connectivity index (χ2v) is 4.29. The number of aryl methyl sites for hydroxylation is 1. The van der Waals surface area contributed by atoms with Gasteiger partial charge >= 0.3 is 0 Å². The number of hydrogen-bond acceptors (Lipinski definition) is 5. The van der Waals surface area contributed by atoms with Crippen LogP contribution in [0.4, 0.5) is 0 Å². The third kappa shape index (κ3) is 2.87. The molecule has 0 aliphatic heterocycles. The zero-order valence-electron chi connectivity index (χ0n) is 8.56. The molecule has 0 fully saturated rings. The van der Waals surface area contributed by atoms with Gasteiger partial charge in [0.1, 0.15) is 0 Å². The van der Waals surface area contributed by atoms with E-state index in [2.05, 4.69) is 33.8 Å². The Morgan fingerprint density at radius 3 is 3.13 bits per heavy atom. The minimum absolute atomic E-state index is 0.686. The lowest BCUT2D eigenvalue weighted by molar-refractivity contribution is 0.375. The molecular formula is C10H13N3OS. The fourth-order valence-corrected chi connectivity index (χ4v) is 2.16. The lowest BCUT2D eigenvalue weighted by Gasteiger charge is -2.01. The van der Waals surface area contributed by atoms with Crippen molar-refractivity contribution in [2.75, 3.05) is 6.54 Å². The molecule has 0 amide bonds. The summed E-state index contributed by atoms with van der Waals surface area (Å²) in [7, 11) is 0. The highest BCUT2D eigenvalue weighted by molar-refractivity contribution is 7.10. The molecule has 0 saturated heterocycles. The molecule has 1 N–H and O–H groups in total. The Kier molecular flexibility index (Phi) is 3.47. The Balaban J connectivity index is 1.70. The fraction of sp³-hybridized carbons (Fsp3) is 0.400. The van der Waals surface area contributed by atoms with E-state index in [4.69, 9.17) is 4.52 Å². The SMILES string of the molecule is Cc1ccsc1CNCCc1ncno1. The molecule has 0 radical (unpaired) electrons. The van der Waals surface area contributed by atoms with E-state index in [9.17, 15) is 0 Å². The average Bonchev–Trinajstić information content (AvgIpc) is 2.85. The molecule has 0 unspecified atom stereocenters. The van der Waals surface area contributed by atoms with Crippen LogP contribution < -0.4 is 5.32 Å². The van der Waals surface area contributed by atoms with Gasteiger partial charge in [-0.2, -0.15) is 4.98 Å². The van der Waals surface area contributed by atoms with Crippen molar-refractivity contribution in [1.82, 2.24) is 15.5 Å². The van der Waals surface area contributed by atoms with Gasteiger partial charge in [0.05, 0.1) is 0 Å². The molecule has 2 aromatic heterocycles. The van der Waals surface area contributed by atoms with Crippen LogP contribution in [0.2, 0.25) is 0 Å². The Morgan fingerprint density at radius 2 is 2.47 bits per heavy atom. The number of aromatic nitrogens is 2. The van der Waals surface area contributed by atoms with Gasteiger partial charge < -0.3 is 9.84 Å². The van der Waals surface area contributed by atoms with Gasteiger partial charge in [0.15, 0.2) is 6.33 Å². The molecule has 0 spiro atoms. The molecular weight excluding hydrogens is 210 g/mol.